The Hall–Kier alpha value is -0.650. The number of amides is 1. The van der Waals surface area contributed by atoms with Crippen LogP contribution in [0.1, 0.15) is 32.1 Å². The number of carbonyl (C=O) groups is 1. The third-order valence-corrected chi connectivity index (χ3v) is 5.17. The lowest BCUT2D eigenvalue weighted by Crippen LogP contribution is -2.50. The van der Waals surface area contributed by atoms with E-state index in [0.29, 0.717) is 44.2 Å². The molecule has 3 rings (SSSR count). The largest absolute Gasteiger partial charge is 0.376 e. The minimum Gasteiger partial charge on any atom is -0.376 e. The number of rotatable bonds is 3. The molecule has 1 saturated heterocycles. The van der Waals surface area contributed by atoms with Gasteiger partial charge in [0.15, 0.2) is 0 Å². The van der Waals surface area contributed by atoms with Crippen molar-refractivity contribution in [3.8, 4) is 0 Å². The Bertz CT molecular complexity index is 330. The van der Waals surface area contributed by atoms with E-state index in [4.69, 9.17) is 15.2 Å². The molecule has 2 bridgehead atoms. The molecule has 0 spiro atoms. The first kappa shape index (κ1) is 14.3. The summed E-state index contributed by atoms with van der Waals surface area (Å²) in [6, 6.07) is 0.322. The van der Waals surface area contributed by atoms with E-state index >= 15 is 0 Å². The minimum absolute atomic E-state index is 0.0121. The summed E-state index contributed by atoms with van der Waals surface area (Å²) >= 11 is 0. The molecule has 114 valence electrons. The maximum Gasteiger partial charge on any atom is 0.223 e. The van der Waals surface area contributed by atoms with Gasteiger partial charge in [-0.05, 0) is 37.5 Å². The molecule has 3 unspecified atom stereocenters. The van der Waals surface area contributed by atoms with E-state index in [1.165, 1.54) is 19.3 Å². The molecule has 3 N–H and O–H groups in total. The predicted molar refractivity (Wildman–Crippen MR) is 75.1 cm³/mol. The molecule has 20 heavy (non-hydrogen) atoms. The number of ether oxygens (including phenoxy) is 2. The normalized spacial score (nSPS) is 41.1. The SMILES string of the molecule is NC1C2CCCC1CC(C(=O)NCC1COCCO1)C2. The Labute approximate surface area is 120 Å². The summed E-state index contributed by atoms with van der Waals surface area (Å²) in [6.07, 6.45) is 5.61. The smallest absolute Gasteiger partial charge is 0.223 e. The first-order chi connectivity index (χ1) is 9.74. The van der Waals surface area contributed by atoms with Crippen molar-refractivity contribution in [1.82, 2.24) is 5.32 Å². The van der Waals surface area contributed by atoms with Crippen LogP contribution in [-0.4, -0.2) is 44.4 Å². The summed E-state index contributed by atoms with van der Waals surface area (Å²) < 4.78 is 10.9. The van der Waals surface area contributed by atoms with E-state index in [2.05, 4.69) is 5.32 Å². The van der Waals surface area contributed by atoms with E-state index in [1.54, 1.807) is 0 Å². The standard InChI is InChI=1S/C15H26N2O3/c16-14-10-2-1-3-11(14)7-12(6-10)15(18)17-8-13-9-19-4-5-20-13/h10-14H,1-9,16H2,(H,17,18). The molecule has 5 heteroatoms. The van der Waals surface area contributed by atoms with Gasteiger partial charge in [0.05, 0.1) is 25.9 Å². The van der Waals surface area contributed by atoms with Crippen molar-refractivity contribution in [2.24, 2.45) is 23.5 Å². The lowest BCUT2D eigenvalue weighted by atomic mass is 9.65. The topological polar surface area (TPSA) is 73.6 Å². The number of nitrogens with two attached hydrogens (primary N) is 1. The van der Waals surface area contributed by atoms with Crippen molar-refractivity contribution in [2.75, 3.05) is 26.4 Å². The molecule has 2 saturated carbocycles. The van der Waals surface area contributed by atoms with Crippen molar-refractivity contribution in [3.05, 3.63) is 0 Å². The van der Waals surface area contributed by atoms with Crippen LogP contribution in [0, 0.1) is 17.8 Å². The lowest BCUT2D eigenvalue weighted by Gasteiger charge is -2.43. The monoisotopic (exact) mass is 282 g/mol. The second kappa shape index (κ2) is 6.41. The van der Waals surface area contributed by atoms with E-state index in [-0.39, 0.29) is 17.9 Å². The van der Waals surface area contributed by atoms with Gasteiger partial charge in [-0.1, -0.05) is 6.42 Å². The molecule has 1 aliphatic heterocycles. The summed E-state index contributed by atoms with van der Waals surface area (Å²) in [4.78, 5) is 12.3. The highest BCUT2D eigenvalue weighted by molar-refractivity contribution is 5.78. The van der Waals surface area contributed by atoms with Gasteiger partial charge in [-0.25, -0.2) is 0 Å². The van der Waals surface area contributed by atoms with Crippen LogP contribution in [0.5, 0.6) is 0 Å². The number of hydrogen-bond acceptors (Lipinski definition) is 4. The molecule has 5 nitrogen and oxygen atoms in total. The Morgan fingerprint density at radius 3 is 2.60 bits per heavy atom. The first-order valence-corrected chi connectivity index (χ1v) is 7.96. The Kier molecular flexibility index (Phi) is 4.58. The Morgan fingerprint density at radius 2 is 1.95 bits per heavy atom. The highest BCUT2D eigenvalue weighted by Crippen LogP contribution is 2.41. The maximum absolute atomic E-state index is 12.3. The van der Waals surface area contributed by atoms with Crippen LogP contribution in [0.4, 0.5) is 0 Å². The van der Waals surface area contributed by atoms with E-state index < -0.39 is 0 Å². The Balaban J connectivity index is 1.47. The molecular weight excluding hydrogens is 256 g/mol. The van der Waals surface area contributed by atoms with Gasteiger partial charge >= 0.3 is 0 Å². The molecule has 0 aromatic carbocycles. The van der Waals surface area contributed by atoms with E-state index in [9.17, 15) is 4.79 Å². The van der Waals surface area contributed by atoms with Crippen molar-refractivity contribution in [3.63, 3.8) is 0 Å². The van der Waals surface area contributed by atoms with Gasteiger partial charge in [0.25, 0.3) is 0 Å². The van der Waals surface area contributed by atoms with Crippen LogP contribution >= 0.6 is 0 Å². The van der Waals surface area contributed by atoms with Crippen molar-refractivity contribution in [2.45, 2.75) is 44.2 Å². The molecule has 2 aliphatic carbocycles. The van der Waals surface area contributed by atoms with E-state index in [1.807, 2.05) is 0 Å². The number of hydrogen-bond donors (Lipinski definition) is 2. The summed E-state index contributed by atoms with van der Waals surface area (Å²) in [5.74, 6) is 1.43. The highest BCUT2D eigenvalue weighted by atomic mass is 16.6. The molecule has 3 aliphatic rings. The molecule has 1 heterocycles. The zero-order valence-electron chi connectivity index (χ0n) is 12.1. The number of carbonyl (C=O) groups excluding carboxylic acids is 1. The average Bonchev–Trinajstić information content (AvgIpc) is 2.45. The summed E-state index contributed by atoms with van der Waals surface area (Å²) in [6.45, 7) is 2.44. The van der Waals surface area contributed by atoms with Crippen molar-refractivity contribution >= 4 is 5.91 Å². The third-order valence-electron chi connectivity index (χ3n) is 5.17. The summed E-state index contributed by atoms with van der Waals surface area (Å²) in [5.41, 5.74) is 6.27. The zero-order chi connectivity index (χ0) is 13.9. The molecule has 0 radical (unpaired) electrons. The average molecular weight is 282 g/mol. The van der Waals surface area contributed by atoms with Crippen LogP contribution in [0.3, 0.4) is 0 Å². The molecule has 0 aromatic rings. The van der Waals surface area contributed by atoms with Gasteiger partial charge < -0.3 is 20.5 Å². The fraction of sp³-hybridized carbons (Fsp3) is 0.933. The predicted octanol–water partition coefficient (Wildman–Crippen LogP) is 0.672. The second-order valence-corrected chi connectivity index (χ2v) is 6.51. The summed E-state index contributed by atoms with van der Waals surface area (Å²) in [7, 11) is 0. The van der Waals surface area contributed by atoms with E-state index in [0.717, 1.165) is 12.8 Å². The number of nitrogens with one attached hydrogen (secondary N) is 1. The summed E-state index contributed by atoms with van der Waals surface area (Å²) in [5, 5.41) is 3.04. The van der Waals surface area contributed by atoms with Crippen molar-refractivity contribution in [1.29, 1.82) is 0 Å². The van der Waals surface area contributed by atoms with Crippen LogP contribution in [0.25, 0.3) is 0 Å². The second-order valence-electron chi connectivity index (χ2n) is 6.51. The van der Waals surface area contributed by atoms with Crippen LogP contribution in [0.15, 0.2) is 0 Å². The highest BCUT2D eigenvalue weighted by Gasteiger charge is 2.40. The third kappa shape index (κ3) is 3.15. The molecule has 1 amide bonds. The van der Waals surface area contributed by atoms with Crippen molar-refractivity contribution < 1.29 is 14.3 Å². The van der Waals surface area contributed by atoms with Crippen LogP contribution < -0.4 is 11.1 Å². The van der Waals surface area contributed by atoms with Gasteiger partial charge in [0.1, 0.15) is 0 Å². The van der Waals surface area contributed by atoms with Gasteiger partial charge in [-0.15, -0.1) is 0 Å². The quantitative estimate of drug-likeness (QED) is 0.798. The number of fused-ring (bicyclic) bond motifs is 2. The Morgan fingerprint density at radius 1 is 1.20 bits per heavy atom. The lowest BCUT2D eigenvalue weighted by molar-refractivity contribution is -0.130. The zero-order valence-corrected chi connectivity index (χ0v) is 12.1. The fourth-order valence-corrected chi connectivity index (χ4v) is 4.02. The fourth-order valence-electron chi connectivity index (χ4n) is 4.02. The van der Waals surface area contributed by atoms with Gasteiger partial charge in [-0.3, -0.25) is 4.79 Å². The van der Waals surface area contributed by atoms with Gasteiger partial charge in [-0.2, -0.15) is 0 Å². The van der Waals surface area contributed by atoms with Crippen LogP contribution in [-0.2, 0) is 14.3 Å². The molecule has 0 aromatic heterocycles. The van der Waals surface area contributed by atoms with Gasteiger partial charge in [0.2, 0.25) is 5.91 Å². The maximum atomic E-state index is 12.3. The first-order valence-electron chi connectivity index (χ1n) is 7.96. The molecule has 3 fully saturated rings. The van der Waals surface area contributed by atoms with Gasteiger partial charge in [0, 0.05) is 18.5 Å². The van der Waals surface area contributed by atoms with Crippen LogP contribution in [0.2, 0.25) is 0 Å². The molecule has 3 atom stereocenters. The minimum atomic E-state index is 0.0121. The molecular formula is C15H26N2O3.